The first-order valence-electron chi connectivity index (χ1n) is 4.68. The van der Waals surface area contributed by atoms with Gasteiger partial charge in [0.2, 0.25) is 0 Å². The number of hydrogen-bond acceptors (Lipinski definition) is 7. The molecular weight excluding hydrogens is 299 g/mol. The normalized spacial score (nSPS) is 12.5. The molecule has 0 saturated carbocycles. The Hall–Kier alpha value is -0.500. The van der Waals surface area contributed by atoms with Gasteiger partial charge in [-0.15, -0.1) is 16.3 Å². The molecule has 0 spiro atoms. The van der Waals surface area contributed by atoms with Crippen molar-refractivity contribution in [2.75, 3.05) is 13.4 Å². The van der Waals surface area contributed by atoms with Gasteiger partial charge >= 0.3 is 18.4 Å². The lowest BCUT2D eigenvalue weighted by molar-refractivity contribution is -0.0964. The summed E-state index contributed by atoms with van der Waals surface area (Å²) in [5.41, 5.74) is 0.512. The van der Waals surface area contributed by atoms with Gasteiger partial charge in [-0.1, -0.05) is 16.5 Å². The molecule has 1 unspecified atom stereocenters. The lowest BCUT2D eigenvalue weighted by Gasteiger charge is -2.08. The maximum absolute atomic E-state index is 11.9. The van der Waals surface area contributed by atoms with Gasteiger partial charge in [-0.2, -0.15) is 8.42 Å². The summed E-state index contributed by atoms with van der Waals surface area (Å²) in [5.74, 6) is 0. The van der Waals surface area contributed by atoms with E-state index in [-0.39, 0.29) is 4.90 Å². The van der Waals surface area contributed by atoms with Gasteiger partial charge in [0.1, 0.15) is 4.90 Å². The van der Waals surface area contributed by atoms with Crippen molar-refractivity contribution in [2.24, 2.45) is 0 Å². The van der Waals surface area contributed by atoms with E-state index < -0.39 is 18.4 Å². The largest absolute Gasteiger partial charge is 0.729 e. The molecule has 1 aromatic rings. The molecule has 0 amide bonds. The predicted molar refractivity (Wildman–Crippen MR) is 66.9 cm³/mol. The van der Waals surface area contributed by atoms with Gasteiger partial charge in [-0.3, -0.25) is 0 Å². The molecule has 0 bridgehead atoms. The van der Waals surface area contributed by atoms with Crippen LogP contribution in [-0.2, 0) is 28.2 Å². The Bertz CT molecular complexity index is 542. The van der Waals surface area contributed by atoms with Gasteiger partial charge in [-0.25, -0.2) is 0 Å². The van der Waals surface area contributed by atoms with Crippen LogP contribution >= 0.6 is 20.0 Å². The van der Waals surface area contributed by atoms with Crippen molar-refractivity contribution in [3.63, 3.8) is 0 Å². The molecule has 6 nitrogen and oxygen atoms in total. The lowest BCUT2D eigenvalue weighted by atomic mass is 10.2. The molecule has 1 aromatic carbocycles. The molecule has 0 aromatic heterocycles. The first-order valence-corrected chi connectivity index (χ1v) is 8.41. The highest BCUT2D eigenvalue weighted by molar-refractivity contribution is 7.99. The fraction of sp³-hybridized carbons (Fsp3) is 0.333. The van der Waals surface area contributed by atoms with Crippen molar-refractivity contribution in [2.45, 2.75) is 16.7 Å². The maximum atomic E-state index is 11.9. The van der Waals surface area contributed by atoms with E-state index in [1.165, 1.54) is 11.8 Å². The van der Waals surface area contributed by atoms with Gasteiger partial charge in [0.15, 0.2) is 0 Å². The molecule has 0 N–H and O–H groups in total. The van der Waals surface area contributed by atoms with E-state index in [0.717, 1.165) is 7.11 Å². The number of rotatable bonds is 6. The summed E-state index contributed by atoms with van der Waals surface area (Å²) in [6.45, 7) is 1.63. The summed E-state index contributed by atoms with van der Waals surface area (Å²) >= 11 is 1.26. The summed E-state index contributed by atoms with van der Waals surface area (Å²) in [4.78, 5) is 0.517. The summed E-state index contributed by atoms with van der Waals surface area (Å²) in [5, 5.41) is 0. The van der Waals surface area contributed by atoms with Crippen LogP contribution in [0.25, 0.3) is 0 Å². The Kier molecular flexibility index (Phi) is 5.71. The van der Waals surface area contributed by atoms with E-state index in [1.807, 2.05) is 0 Å². The van der Waals surface area contributed by atoms with Gasteiger partial charge in [0.05, 0.1) is 11.8 Å². The fourth-order valence-corrected chi connectivity index (χ4v) is 3.78. The van der Waals surface area contributed by atoms with Crippen LogP contribution in [0.15, 0.2) is 28.0 Å². The molecule has 100 valence electrons. The molecule has 0 radical (unpaired) electrons. The SMILES string of the molecule is CO[P+](=O)OOS(=O)(=O)c1c(C)cccc1SC. The molecule has 9 heteroatoms. The highest BCUT2D eigenvalue weighted by atomic mass is 32.2. The quantitative estimate of drug-likeness (QED) is 0.346. The Morgan fingerprint density at radius 2 is 2.00 bits per heavy atom. The third-order valence-electron chi connectivity index (χ3n) is 1.98. The molecule has 0 fully saturated rings. The molecule has 0 aliphatic carbocycles. The van der Waals surface area contributed by atoms with Gasteiger partial charge in [0.25, 0.3) is 0 Å². The van der Waals surface area contributed by atoms with Crippen LogP contribution in [0, 0.1) is 6.92 Å². The minimum atomic E-state index is -4.15. The Balaban J connectivity index is 3.09. The second kappa shape index (κ2) is 6.60. The van der Waals surface area contributed by atoms with E-state index in [2.05, 4.69) is 13.5 Å². The van der Waals surface area contributed by atoms with Gasteiger partial charge in [0, 0.05) is 9.46 Å². The van der Waals surface area contributed by atoms with Crippen LogP contribution in [0.5, 0.6) is 0 Å². The third-order valence-corrected chi connectivity index (χ3v) is 4.77. The number of aryl methyl sites for hydroxylation is 1. The first-order chi connectivity index (χ1) is 8.42. The minimum Gasteiger partial charge on any atom is -0.191 e. The van der Waals surface area contributed by atoms with Crippen molar-refractivity contribution in [1.82, 2.24) is 0 Å². The zero-order chi connectivity index (χ0) is 13.8. The zero-order valence-electron chi connectivity index (χ0n) is 9.95. The number of benzene rings is 1. The third kappa shape index (κ3) is 3.74. The van der Waals surface area contributed by atoms with Crippen LogP contribution in [0.4, 0.5) is 0 Å². The highest BCUT2D eigenvalue weighted by Gasteiger charge is 2.29. The maximum Gasteiger partial charge on any atom is 0.729 e. The molecule has 0 saturated heterocycles. The predicted octanol–water partition coefficient (Wildman–Crippen LogP) is 2.66. The smallest absolute Gasteiger partial charge is 0.191 e. The molecular formula is C9H12O6PS2+. The highest BCUT2D eigenvalue weighted by Crippen LogP contribution is 2.31. The van der Waals surface area contributed by atoms with Crippen molar-refractivity contribution < 1.29 is 26.5 Å². The monoisotopic (exact) mass is 311 g/mol. The standard InChI is InChI=1S/C9H12O6PS2/c1-7-5-4-6-8(17-3)9(7)18(11,12)15-14-16(10)13-2/h4-6H,1-3H3/q+1. The molecule has 0 aliphatic rings. The fourth-order valence-electron chi connectivity index (χ4n) is 1.24. The van der Waals surface area contributed by atoms with Crippen LogP contribution in [0.1, 0.15) is 5.56 Å². The van der Waals surface area contributed by atoms with Crippen LogP contribution in [0.2, 0.25) is 0 Å². The number of thioether (sulfide) groups is 1. The summed E-state index contributed by atoms with van der Waals surface area (Å²) < 4.78 is 47.3. The Morgan fingerprint density at radius 1 is 1.33 bits per heavy atom. The van der Waals surface area contributed by atoms with Crippen molar-refractivity contribution in [3.8, 4) is 0 Å². The van der Waals surface area contributed by atoms with Crippen molar-refractivity contribution in [1.29, 1.82) is 0 Å². The number of hydrogen-bond donors (Lipinski definition) is 0. The Labute approximate surface area is 111 Å². The summed E-state index contributed by atoms with van der Waals surface area (Å²) in [6.07, 6.45) is 1.74. The minimum absolute atomic E-state index is 0.00277. The first kappa shape index (κ1) is 15.6. The average molecular weight is 311 g/mol. The molecule has 1 rings (SSSR count). The van der Waals surface area contributed by atoms with Gasteiger partial charge in [-0.05, 0) is 24.8 Å². The van der Waals surface area contributed by atoms with Crippen LogP contribution < -0.4 is 0 Å². The van der Waals surface area contributed by atoms with E-state index >= 15 is 0 Å². The van der Waals surface area contributed by atoms with E-state index in [9.17, 15) is 13.0 Å². The molecule has 18 heavy (non-hydrogen) atoms. The molecule has 0 heterocycles. The second-order valence-electron chi connectivity index (χ2n) is 3.11. The molecule has 1 atom stereocenters. The Morgan fingerprint density at radius 3 is 2.56 bits per heavy atom. The van der Waals surface area contributed by atoms with Gasteiger partial charge < -0.3 is 0 Å². The van der Waals surface area contributed by atoms with E-state index in [0.29, 0.717) is 10.5 Å². The van der Waals surface area contributed by atoms with E-state index in [4.69, 9.17) is 0 Å². The van der Waals surface area contributed by atoms with Crippen LogP contribution in [0.3, 0.4) is 0 Å². The van der Waals surface area contributed by atoms with E-state index in [1.54, 1.807) is 31.4 Å². The second-order valence-corrected chi connectivity index (χ2v) is 6.37. The average Bonchev–Trinajstić information content (AvgIpc) is 2.35. The van der Waals surface area contributed by atoms with Crippen molar-refractivity contribution in [3.05, 3.63) is 23.8 Å². The molecule has 0 aliphatic heterocycles. The van der Waals surface area contributed by atoms with Crippen LogP contribution in [-0.4, -0.2) is 21.8 Å². The topological polar surface area (TPSA) is 78.9 Å². The zero-order valence-corrected chi connectivity index (χ0v) is 12.5. The lowest BCUT2D eigenvalue weighted by Crippen LogP contribution is -2.08. The van der Waals surface area contributed by atoms with Crippen molar-refractivity contribution >= 4 is 30.1 Å². The summed E-state index contributed by atoms with van der Waals surface area (Å²) in [6, 6.07) is 5.01. The summed E-state index contributed by atoms with van der Waals surface area (Å²) in [7, 11) is -5.65.